The molecule has 0 saturated heterocycles. The van der Waals surface area contributed by atoms with Crippen LogP contribution in [0.1, 0.15) is 29.3 Å². The molecule has 0 fully saturated rings. The van der Waals surface area contributed by atoms with Crippen molar-refractivity contribution in [3.05, 3.63) is 34.5 Å². The van der Waals surface area contributed by atoms with Crippen molar-refractivity contribution in [1.29, 1.82) is 0 Å². The molecule has 1 aromatic heterocycles. The summed E-state index contributed by atoms with van der Waals surface area (Å²) < 4.78 is 25.3. The molecule has 3 N–H and O–H groups in total. The highest BCUT2D eigenvalue weighted by Crippen LogP contribution is 2.35. The smallest absolute Gasteiger partial charge is 0.220 e. The Balaban J connectivity index is 2.54. The maximum absolute atomic E-state index is 12.7. The van der Waals surface area contributed by atoms with Crippen LogP contribution in [0.3, 0.4) is 0 Å². The number of halogens is 1. The number of nitrogens with zero attached hydrogens (tertiary/aromatic N) is 2. The van der Waals surface area contributed by atoms with Crippen LogP contribution in [0.2, 0.25) is 5.02 Å². The fourth-order valence-electron chi connectivity index (χ4n) is 2.42. The Labute approximate surface area is 156 Å². The number of rotatable bonds is 8. The Bertz CT molecular complexity index is 924. The topological polar surface area (TPSA) is 122 Å². The number of carbonyl (C=O) groups excluding carboxylic acids is 1. The normalized spacial score (nSPS) is 11.5. The number of aryl methyl sites for hydroxylation is 1. The molecule has 0 aliphatic carbocycles. The summed E-state index contributed by atoms with van der Waals surface area (Å²) in [7, 11) is -3.59. The van der Waals surface area contributed by atoms with Crippen LogP contribution in [0, 0.1) is 0 Å². The number of sulfone groups is 1. The van der Waals surface area contributed by atoms with Crippen molar-refractivity contribution < 1.29 is 23.4 Å². The van der Waals surface area contributed by atoms with Gasteiger partial charge in [0.2, 0.25) is 11.7 Å². The number of aliphatic hydroxyl groups excluding tert-OH is 1. The lowest BCUT2D eigenvalue weighted by molar-refractivity contribution is 0.103. The van der Waals surface area contributed by atoms with Gasteiger partial charge in [-0.2, -0.15) is 5.10 Å². The van der Waals surface area contributed by atoms with Gasteiger partial charge in [-0.05, 0) is 25.5 Å². The largest absolute Gasteiger partial charge is 0.493 e. The zero-order chi connectivity index (χ0) is 19.5. The summed E-state index contributed by atoms with van der Waals surface area (Å²) in [5.74, 6) is -0.854. The molecule has 0 atom stereocenters. The average molecular weight is 402 g/mol. The van der Waals surface area contributed by atoms with E-state index in [0.717, 1.165) is 6.26 Å². The van der Waals surface area contributed by atoms with E-state index in [-0.39, 0.29) is 45.8 Å². The molecule has 10 heteroatoms. The zero-order valence-electron chi connectivity index (χ0n) is 14.4. The number of carbonyl (C=O) groups is 1. The van der Waals surface area contributed by atoms with Crippen LogP contribution >= 0.6 is 11.6 Å². The molecule has 26 heavy (non-hydrogen) atoms. The highest BCUT2D eigenvalue weighted by Gasteiger charge is 2.25. The van der Waals surface area contributed by atoms with E-state index in [2.05, 4.69) is 10.4 Å². The lowest BCUT2D eigenvalue weighted by Gasteiger charge is -2.15. The van der Waals surface area contributed by atoms with Gasteiger partial charge in [0.05, 0.1) is 21.8 Å². The molecule has 0 radical (unpaired) electrons. The van der Waals surface area contributed by atoms with Crippen molar-refractivity contribution in [2.24, 2.45) is 0 Å². The predicted octanol–water partition coefficient (Wildman–Crippen LogP) is 1.69. The van der Waals surface area contributed by atoms with E-state index in [1.54, 1.807) is 6.92 Å². The molecule has 0 saturated carbocycles. The van der Waals surface area contributed by atoms with Crippen molar-refractivity contribution in [1.82, 2.24) is 9.78 Å². The fraction of sp³-hybridized carbons (Fsp3) is 0.375. The number of aromatic hydroxyl groups is 1. The van der Waals surface area contributed by atoms with Crippen molar-refractivity contribution in [3.63, 3.8) is 0 Å². The van der Waals surface area contributed by atoms with Gasteiger partial charge >= 0.3 is 0 Å². The van der Waals surface area contributed by atoms with Gasteiger partial charge in [0.1, 0.15) is 5.56 Å². The first kappa shape index (κ1) is 20.2. The average Bonchev–Trinajstić information content (AvgIpc) is 2.95. The number of ketones is 1. The van der Waals surface area contributed by atoms with Crippen LogP contribution in [-0.4, -0.2) is 53.6 Å². The van der Waals surface area contributed by atoms with Gasteiger partial charge in [0.15, 0.2) is 9.84 Å². The van der Waals surface area contributed by atoms with Gasteiger partial charge < -0.3 is 15.5 Å². The molecule has 1 aromatic carbocycles. The second-order valence-corrected chi connectivity index (χ2v) is 7.97. The first-order valence-corrected chi connectivity index (χ1v) is 10.2. The molecule has 0 amide bonds. The second-order valence-electron chi connectivity index (χ2n) is 5.60. The summed E-state index contributed by atoms with van der Waals surface area (Å²) in [6.45, 7) is 2.34. The van der Waals surface area contributed by atoms with Crippen molar-refractivity contribution in [2.45, 2.75) is 24.8 Å². The van der Waals surface area contributed by atoms with Crippen LogP contribution in [0.5, 0.6) is 5.88 Å². The van der Waals surface area contributed by atoms with E-state index in [9.17, 15) is 18.3 Å². The van der Waals surface area contributed by atoms with Crippen molar-refractivity contribution in [3.8, 4) is 5.88 Å². The molecule has 0 aliphatic rings. The third kappa shape index (κ3) is 4.00. The molecule has 2 aromatic rings. The molecule has 0 bridgehead atoms. The lowest BCUT2D eigenvalue weighted by atomic mass is 10.0. The third-order valence-electron chi connectivity index (χ3n) is 3.74. The summed E-state index contributed by atoms with van der Waals surface area (Å²) in [4.78, 5) is 12.7. The predicted molar refractivity (Wildman–Crippen MR) is 97.8 cm³/mol. The van der Waals surface area contributed by atoms with Crippen LogP contribution in [0.25, 0.3) is 0 Å². The highest BCUT2D eigenvalue weighted by molar-refractivity contribution is 7.90. The Morgan fingerprint density at radius 1 is 1.35 bits per heavy atom. The van der Waals surface area contributed by atoms with Gasteiger partial charge in [-0.1, -0.05) is 11.6 Å². The van der Waals surface area contributed by atoms with E-state index >= 15 is 0 Å². The number of nitrogens with one attached hydrogen (secondary N) is 1. The number of hydrogen-bond acceptors (Lipinski definition) is 7. The van der Waals surface area contributed by atoms with Gasteiger partial charge in [-0.15, -0.1) is 0 Å². The number of aromatic nitrogens is 2. The SMILES string of the molecule is CCn1ncc(C(=O)c2ccc(S(C)(=O)=O)c(NCCCO)c2Cl)c1O. The second kappa shape index (κ2) is 8.07. The minimum atomic E-state index is -3.59. The molecule has 2 rings (SSSR count). The Morgan fingerprint density at radius 3 is 2.58 bits per heavy atom. The molecule has 0 unspecified atom stereocenters. The highest BCUT2D eigenvalue weighted by atomic mass is 35.5. The van der Waals surface area contributed by atoms with Crippen molar-refractivity contribution >= 4 is 32.9 Å². The number of benzene rings is 1. The molecule has 1 heterocycles. The fourth-order valence-corrected chi connectivity index (χ4v) is 3.65. The molecule has 0 spiro atoms. The minimum Gasteiger partial charge on any atom is -0.493 e. The number of hydrogen-bond donors (Lipinski definition) is 3. The Morgan fingerprint density at radius 2 is 2.04 bits per heavy atom. The summed E-state index contributed by atoms with van der Waals surface area (Å²) in [6.07, 6.45) is 2.65. The van der Waals surface area contributed by atoms with Gasteiger partial charge in [0.25, 0.3) is 0 Å². The molecule has 0 aliphatic heterocycles. The monoisotopic (exact) mass is 401 g/mol. The van der Waals surface area contributed by atoms with E-state index in [1.807, 2.05) is 0 Å². The van der Waals surface area contributed by atoms with Crippen molar-refractivity contribution in [2.75, 3.05) is 24.7 Å². The Kier molecular flexibility index (Phi) is 6.27. The van der Waals surface area contributed by atoms with Gasteiger partial charge in [0, 0.05) is 31.5 Å². The maximum atomic E-state index is 12.7. The summed E-state index contributed by atoms with van der Waals surface area (Å²) in [5, 5.41) is 25.7. The van der Waals surface area contributed by atoms with Crippen LogP contribution in [0.15, 0.2) is 23.2 Å². The summed E-state index contributed by atoms with van der Waals surface area (Å²) in [5.41, 5.74) is 0.106. The van der Waals surface area contributed by atoms with E-state index in [0.29, 0.717) is 13.0 Å². The van der Waals surface area contributed by atoms with E-state index < -0.39 is 15.6 Å². The number of aliphatic hydroxyl groups is 1. The molecule has 142 valence electrons. The summed E-state index contributed by atoms with van der Waals surface area (Å²) >= 11 is 6.32. The molecular weight excluding hydrogens is 382 g/mol. The number of anilines is 1. The third-order valence-corrected chi connectivity index (χ3v) is 5.27. The minimum absolute atomic E-state index is 0.0258. The quantitative estimate of drug-likeness (QED) is 0.454. The summed E-state index contributed by atoms with van der Waals surface area (Å²) in [6, 6.07) is 2.60. The zero-order valence-corrected chi connectivity index (χ0v) is 15.9. The van der Waals surface area contributed by atoms with E-state index in [4.69, 9.17) is 16.7 Å². The van der Waals surface area contributed by atoms with Crippen LogP contribution in [-0.2, 0) is 16.4 Å². The van der Waals surface area contributed by atoms with Gasteiger partial charge in [-0.25, -0.2) is 13.1 Å². The standard InChI is InChI=1S/C16H20ClN3O5S/c1-3-20-16(23)11(9-19-20)15(22)10-5-6-12(26(2,24)25)14(13(10)17)18-7-4-8-21/h5-6,9,18,21,23H,3-4,7-8H2,1-2H3. The van der Waals surface area contributed by atoms with E-state index in [1.165, 1.54) is 23.0 Å². The Hall–Kier alpha value is -2.10. The lowest BCUT2D eigenvalue weighted by Crippen LogP contribution is -2.12. The van der Waals surface area contributed by atoms with Crippen LogP contribution in [0.4, 0.5) is 5.69 Å². The van der Waals surface area contributed by atoms with Crippen LogP contribution < -0.4 is 5.32 Å². The van der Waals surface area contributed by atoms with Gasteiger partial charge in [-0.3, -0.25) is 4.79 Å². The molecule has 8 nitrogen and oxygen atoms in total. The maximum Gasteiger partial charge on any atom is 0.220 e. The first-order valence-electron chi connectivity index (χ1n) is 7.89. The molecular formula is C16H20ClN3O5S. The first-order chi connectivity index (χ1) is 12.2.